The van der Waals surface area contributed by atoms with E-state index >= 15 is 0 Å². The van der Waals surface area contributed by atoms with Gasteiger partial charge in [-0.05, 0) is 6.92 Å². The maximum absolute atomic E-state index is 9.34. The first-order valence-corrected chi connectivity index (χ1v) is 4.58. The summed E-state index contributed by atoms with van der Waals surface area (Å²) in [6, 6.07) is 0. The Labute approximate surface area is 79.1 Å². The van der Waals surface area contributed by atoms with E-state index in [2.05, 4.69) is 11.5 Å². The van der Waals surface area contributed by atoms with E-state index in [-0.39, 0.29) is 6.61 Å². The lowest BCUT2D eigenvalue weighted by Crippen LogP contribution is -2.50. The molecule has 1 rings (SSSR count). The fraction of sp³-hybridized carbons (Fsp3) is 0.778. The minimum Gasteiger partial charge on any atom is -0.392 e. The molecule has 0 spiro atoms. The van der Waals surface area contributed by atoms with E-state index in [0.717, 1.165) is 31.9 Å². The molecule has 1 unspecified atom stereocenters. The van der Waals surface area contributed by atoms with Crippen LogP contribution < -0.4 is 0 Å². The average Bonchev–Trinajstić information content (AvgIpc) is 2.17. The zero-order valence-corrected chi connectivity index (χ0v) is 8.11. The number of rotatable bonds is 3. The largest absolute Gasteiger partial charge is 0.392 e. The number of hydrogen-bond acceptors (Lipinski definition) is 4. The zero-order chi connectivity index (χ0) is 9.84. The van der Waals surface area contributed by atoms with Gasteiger partial charge in [-0.1, -0.05) is 6.58 Å². The maximum Gasteiger partial charge on any atom is 0.130 e. The highest BCUT2D eigenvalue weighted by molar-refractivity contribution is 4.91. The average molecular weight is 186 g/mol. The highest BCUT2D eigenvalue weighted by Crippen LogP contribution is 2.08. The van der Waals surface area contributed by atoms with Gasteiger partial charge in [0.1, 0.15) is 6.23 Å². The summed E-state index contributed by atoms with van der Waals surface area (Å²) in [7, 11) is 0. The number of aliphatic hydroxyl groups excluding tert-OH is 2. The lowest BCUT2D eigenvalue weighted by molar-refractivity contribution is -0.0513. The first-order valence-electron chi connectivity index (χ1n) is 4.58. The lowest BCUT2D eigenvalue weighted by Gasteiger charge is -2.37. The van der Waals surface area contributed by atoms with Gasteiger partial charge in [0, 0.05) is 31.9 Å². The SMILES string of the molecule is C=C(C)N1CCN(C(O)CO)CC1. The molecular weight excluding hydrogens is 168 g/mol. The molecule has 0 radical (unpaired) electrons. The first-order chi connectivity index (χ1) is 6.15. The van der Waals surface area contributed by atoms with Crippen LogP contribution in [-0.2, 0) is 0 Å². The normalized spacial score (nSPS) is 21.6. The molecule has 4 heteroatoms. The third-order valence-electron chi connectivity index (χ3n) is 2.44. The van der Waals surface area contributed by atoms with Crippen molar-refractivity contribution in [1.82, 2.24) is 9.80 Å². The quantitative estimate of drug-likeness (QED) is 0.621. The molecule has 13 heavy (non-hydrogen) atoms. The van der Waals surface area contributed by atoms with Gasteiger partial charge in [-0.25, -0.2) is 0 Å². The second kappa shape index (κ2) is 4.60. The van der Waals surface area contributed by atoms with Gasteiger partial charge in [0.2, 0.25) is 0 Å². The van der Waals surface area contributed by atoms with E-state index in [1.165, 1.54) is 0 Å². The minimum absolute atomic E-state index is 0.187. The van der Waals surface area contributed by atoms with E-state index in [1.54, 1.807) is 0 Å². The molecule has 76 valence electrons. The Kier molecular flexibility index (Phi) is 3.71. The van der Waals surface area contributed by atoms with Gasteiger partial charge in [0.05, 0.1) is 6.61 Å². The Morgan fingerprint density at radius 1 is 1.38 bits per heavy atom. The first kappa shape index (κ1) is 10.5. The molecule has 0 aliphatic carbocycles. The van der Waals surface area contributed by atoms with Crippen molar-refractivity contribution < 1.29 is 10.2 Å². The van der Waals surface area contributed by atoms with Crippen LogP contribution in [0.3, 0.4) is 0 Å². The van der Waals surface area contributed by atoms with Crippen LogP contribution in [0.4, 0.5) is 0 Å². The molecule has 1 heterocycles. The van der Waals surface area contributed by atoms with Crippen LogP contribution in [0.25, 0.3) is 0 Å². The van der Waals surface area contributed by atoms with Crippen molar-refractivity contribution in [2.75, 3.05) is 32.8 Å². The van der Waals surface area contributed by atoms with Crippen LogP contribution in [0.5, 0.6) is 0 Å². The van der Waals surface area contributed by atoms with Crippen LogP contribution in [0, 0.1) is 0 Å². The molecule has 1 atom stereocenters. The molecule has 1 aliphatic heterocycles. The van der Waals surface area contributed by atoms with Crippen LogP contribution >= 0.6 is 0 Å². The van der Waals surface area contributed by atoms with Crippen LogP contribution in [0.2, 0.25) is 0 Å². The van der Waals surface area contributed by atoms with Crippen molar-refractivity contribution >= 4 is 0 Å². The van der Waals surface area contributed by atoms with Gasteiger partial charge < -0.3 is 15.1 Å². The predicted octanol–water partition coefficient (Wildman–Crippen LogP) is -0.552. The molecule has 1 fully saturated rings. The van der Waals surface area contributed by atoms with Crippen molar-refractivity contribution in [3.63, 3.8) is 0 Å². The molecule has 0 aromatic rings. The molecule has 0 aromatic carbocycles. The number of aliphatic hydroxyl groups is 2. The maximum atomic E-state index is 9.34. The fourth-order valence-corrected chi connectivity index (χ4v) is 1.52. The van der Waals surface area contributed by atoms with Crippen molar-refractivity contribution in [3.8, 4) is 0 Å². The third kappa shape index (κ3) is 2.69. The molecule has 0 bridgehead atoms. The summed E-state index contributed by atoms with van der Waals surface area (Å²) in [5.41, 5.74) is 1.07. The van der Waals surface area contributed by atoms with E-state index in [1.807, 2.05) is 11.8 Å². The van der Waals surface area contributed by atoms with E-state index in [0.29, 0.717) is 0 Å². The van der Waals surface area contributed by atoms with E-state index in [4.69, 9.17) is 5.11 Å². The second-order valence-electron chi connectivity index (χ2n) is 3.42. The van der Waals surface area contributed by atoms with E-state index in [9.17, 15) is 5.11 Å². The number of piperazine rings is 1. The summed E-state index contributed by atoms with van der Waals surface area (Å²) in [5, 5.41) is 18.1. The summed E-state index contributed by atoms with van der Waals surface area (Å²) in [4.78, 5) is 4.06. The molecule has 1 saturated heterocycles. The molecule has 1 aliphatic rings. The Morgan fingerprint density at radius 2 is 1.92 bits per heavy atom. The molecule has 0 amide bonds. The Balaban J connectivity index is 2.34. The summed E-state index contributed by atoms with van der Waals surface area (Å²) < 4.78 is 0. The monoisotopic (exact) mass is 186 g/mol. The van der Waals surface area contributed by atoms with Crippen molar-refractivity contribution in [1.29, 1.82) is 0 Å². The van der Waals surface area contributed by atoms with Crippen molar-refractivity contribution in [2.45, 2.75) is 13.2 Å². The van der Waals surface area contributed by atoms with Crippen molar-refractivity contribution in [3.05, 3.63) is 12.3 Å². The number of nitrogens with zero attached hydrogens (tertiary/aromatic N) is 2. The minimum atomic E-state index is -0.702. The molecule has 0 saturated carbocycles. The topological polar surface area (TPSA) is 46.9 Å². The van der Waals surface area contributed by atoms with Crippen LogP contribution in [0.15, 0.2) is 12.3 Å². The Morgan fingerprint density at radius 3 is 2.31 bits per heavy atom. The van der Waals surface area contributed by atoms with Gasteiger partial charge in [0.15, 0.2) is 0 Å². The molecule has 0 aromatic heterocycles. The molecule has 2 N–H and O–H groups in total. The predicted molar refractivity (Wildman–Crippen MR) is 51.1 cm³/mol. The second-order valence-corrected chi connectivity index (χ2v) is 3.42. The Hall–Kier alpha value is -0.580. The van der Waals surface area contributed by atoms with Crippen molar-refractivity contribution in [2.24, 2.45) is 0 Å². The summed E-state index contributed by atoms with van der Waals surface area (Å²) in [5.74, 6) is 0. The fourth-order valence-electron chi connectivity index (χ4n) is 1.52. The summed E-state index contributed by atoms with van der Waals surface area (Å²) in [6.07, 6.45) is -0.702. The van der Waals surface area contributed by atoms with Gasteiger partial charge in [-0.3, -0.25) is 4.90 Å². The summed E-state index contributed by atoms with van der Waals surface area (Å²) >= 11 is 0. The van der Waals surface area contributed by atoms with Crippen LogP contribution in [-0.4, -0.2) is 59.0 Å². The van der Waals surface area contributed by atoms with Gasteiger partial charge in [-0.15, -0.1) is 0 Å². The zero-order valence-electron chi connectivity index (χ0n) is 8.11. The molecule has 4 nitrogen and oxygen atoms in total. The summed E-state index contributed by atoms with van der Waals surface area (Å²) in [6.45, 7) is 9.00. The number of allylic oxidation sites excluding steroid dienone is 1. The van der Waals surface area contributed by atoms with Gasteiger partial charge in [-0.2, -0.15) is 0 Å². The highest BCUT2D eigenvalue weighted by atomic mass is 16.3. The third-order valence-corrected chi connectivity index (χ3v) is 2.44. The molecular formula is C9H18N2O2. The van der Waals surface area contributed by atoms with Gasteiger partial charge in [0.25, 0.3) is 0 Å². The standard InChI is InChI=1S/C9H18N2O2/c1-8(2)10-3-5-11(6-4-10)9(13)7-12/h9,12-13H,1,3-7H2,2H3. The smallest absolute Gasteiger partial charge is 0.130 e. The van der Waals surface area contributed by atoms with Crippen LogP contribution in [0.1, 0.15) is 6.92 Å². The van der Waals surface area contributed by atoms with Gasteiger partial charge >= 0.3 is 0 Å². The lowest BCUT2D eigenvalue weighted by atomic mass is 10.3. The van der Waals surface area contributed by atoms with E-state index < -0.39 is 6.23 Å². The Bertz CT molecular complexity index is 176. The number of hydrogen-bond donors (Lipinski definition) is 2. The highest BCUT2D eigenvalue weighted by Gasteiger charge is 2.20.